The number of hydrogen-bond acceptors (Lipinski definition) is 1. The Balaban J connectivity index is -0.000000111. The molecule has 1 nitrogen and oxygen atoms in total. The minimum atomic E-state index is 0.484. The number of hydrogen-bond donors (Lipinski definition) is 1. The lowest BCUT2D eigenvalue weighted by molar-refractivity contribution is 0.464. The van der Waals surface area contributed by atoms with Crippen LogP contribution in [0.3, 0.4) is 0 Å². The lowest BCUT2D eigenvalue weighted by atomic mass is 9.98. The summed E-state index contributed by atoms with van der Waals surface area (Å²) < 4.78 is 0. The van der Waals surface area contributed by atoms with Crippen molar-refractivity contribution in [2.75, 3.05) is 0 Å². The van der Waals surface area contributed by atoms with Gasteiger partial charge >= 0.3 is 0 Å². The first-order valence-electron chi connectivity index (χ1n) is 13.3. The highest BCUT2D eigenvalue weighted by atomic mass is 16.3. The summed E-state index contributed by atoms with van der Waals surface area (Å²) in [6, 6.07) is 6.23. The summed E-state index contributed by atoms with van der Waals surface area (Å²) in [5.41, 5.74) is 2.54. The van der Waals surface area contributed by atoms with Gasteiger partial charge in [-0.2, -0.15) is 0 Å². The third kappa shape index (κ3) is 47.1. The third-order valence-corrected chi connectivity index (χ3v) is 4.62. The molecule has 0 aliphatic carbocycles. The van der Waals surface area contributed by atoms with E-state index in [1.807, 2.05) is 6.07 Å². The van der Waals surface area contributed by atoms with Gasteiger partial charge in [0.2, 0.25) is 0 Å². The van der Waals surface area contributed by atoms with Crippen molar-refractivity contribution in [1.82, 2.24) is 0 Å². The number of rotatable bonds is 12. The molecule has 0 fully saturated rings. The Labute approximate surface area is 235 Å². The summed E-state index contributed by atoms with van der Waals surface area (Å²) in [6.45, 7) is 51.2. The van der Waals surface area contributed by atoms with Crippen LogP contribution in [0, 0.1) is 11.8 Å². The van der Waals surface area contributed by atoms with Gasteiger partial charge in [-0.15, -0.1) is 92.1 Å². The van der Waals surface area contributed by atoms with Gasteiger partial charge in [-0.3, -0.25) is 0 Å². The quantitative estimate of drug-likeness (QED) is 0.217. The molecule has 37 heavy (non-hydrogen) atoms. The Kier molecular flexibility index (Phi) is 74.6. The number of aryl methyl sites for hydroxylation is 2. The molecular weight excluding hydrogens is 448 g/mol. The molecule has 1 aromatic carbocycles. The molecule has 0 spiro atoms. The van der Waals surface area contributed by atoms with Gasteiger partial charge in [0.1, 0.15) is 5.75 Å². The monoisotopic (exact) mass is 515 g/mol. The minimum Gasteiger partial charge on any atom is -0.508 e. The van der Waals surface area contributed by atoms with E-state index in [9.17, 15) is 5.11 Å². The highest BCUT2D eigenvalue weighted by Gasteiger charge is 2.04. The van der Waals surface area contributed by atoms with Crippen LogP contribution in [-0.2, 0) is 12.8 Å². The molecule has 0 atom stereocenters. The molecule has 1 rings (SSSR count). The van der Waals surface area contributed by atoms with Crippen LogP contribution >= 0.6 is 0 Å². The van der Waals surface area contributed by atoms with Crippen LogP contribution in [0.4, 0.5) is 0 Å². The molecule has 0 amide bonds. The molecular formula is C36H66O. The SMILES string of the molecule is C=C.C=C.C=C.C=C.C=C.C=C.C=C.CC(C)CCCCCc1ccc(O)c(CCCCCC(C)C)c1. The standard InChI is InChI=1S/C22H38O.7C2H4/c1-18(2)11-7-5-9-13-20-15-16-22(23)21(17-20)14-10-6-8-12-19(3)4;7*1-2/h15-19,23H,5-14H2,1-4H3;7*1-2H2. The van der Waals surface area contributed by atoms with E-state index in [1.165, 1.54) is 56.9 Å². The van der Waals surface area contributed by atoms with E-state index in [0.717, 1.165) is 30.2 Å². The lowest BCUT2D eigenvalue weighted by Gasteiger charge is -2.09. The van der Waals surface area contributed by atoms with Crippen LogP contribution < -0.4 is 0 Å². The van der Waals surface area contributed by atoms with Crippen molar-refractivity contribution in [3.63, 3.8) is 0 Å². The van der Waals surface area contributed by atoms with E-state index in [0.29, 0.717) is 5.75 Å². The fraction of sp³-hybridized carbons (Fsp3) is 0.444. The smallest absolute Gasteiger partial charge is 0.118 e. The predicted molar refractivity (Wildman–Crippen MR) is 181 cm³/mol. The van der Waals surface area contributed by atoms with E-state index in [4.69, 9.17) is 0 Å². The van der Waals surface area contributed by atoms with Crippen molar-refractivity contribution < 1.29 is 5.11 Å². The topological polar surface area (TPSA) is 20.2 Å². The molecule has 216 valence electrons. The maximum absolute atomic E-state index is 10.1. The molecule has 0 aromatic heterocycles. The Morgan fingerprint density at radius 1 is 0.514 bits per heavy atom. The molecule has 0 aliphatic heterocycles. The van der Waals surface area contributed by atoms with E-state index < -0.39 is 0 Å². The molecule has 0 heterocycles. The fourth-order valence-corrected chi connectivity index (χ4v) is 3.10. The second-order valence-corrected chi connectivity index (χ2v) is 7.95. The van der Waals surface area contributed by atoms with Crippen LogP contribution in [0.25, 0.3) is 0 Å². The Hall–Kier alpha value is -2.80. The zero-order chi connectivity index (χ0) is 31.1. The summed E-state index contributed by atoms with van der Waals surface area (Å²) in [6.07, 6.45) is 12.6. The highest BCUT2D eigenvalue weighted by Crippen LogP contribution is 2.23. The molecule has 0 aliphatic rings. The minimum absolute atomic E-state index is 0.484. The summed E-state index contributed by atoms with van der Waals surface area (Å²) in [4.78, 5) is 0. The Morgan fingerprint density at radius 3 is 1.22 bits per heavy atom. The van der Waals surface area contributed by atoms with Gasteiger partial charge in [0.25, 0.3) is 0 Å². The highest BCUT2D eigenvalue weighted by molar-refractivity contribution is 5.36. The summed E-state index contributed by atoms with van der Waals surface area (Å²) >= 11 is 0. The van der Waals surface area contributed by atoms with E-state index in [1.54, 1.807) is 0 Å². The molecule has 1 N–H and O–H groups in total. The normalized spacial score (nSPS) is 7.95. The number of phenols is 1. The maximum atomic E-state index is 10.1. The molecule has 0 unspecified atom stereocenters. The van der Waals surface area contributed by atoms with Crippen molar-refractivity contribution >= 4 is 0 Å². The van der Waals surface area contributed by atoms with Crippen molar-refractivity contribution in [3.8, 4) is 5.75 Å². The van der Waals surface area contributed by atoms with Crippen molar-refractivity contribution in [2.24, 2.45) is 11.8 Å². The fourth-order valence-electron chi connectivity index (χ4n) is 3.10. The largest absolute Gasteiger partial charge is 0.508 e. The summed E-state index contributed by atoms with van der Waals surface area (Å²) in [5.74, 6) is 2.12. The summed E-state index contributed by atoms with van der Waals surface area (Å²) in [7, 11) is 0. The van der Waals surface area contributed by atoms with Crippen LogP contribution in [0.2, 0.25) is 0 Å². The van der Waals surface area contributed by atoms with Crippen LogP contribution in [-0.4, -0.2) is 5.11 Å². The van der Waals surface area contributed by atoms with Crippen LogP contribution in [0.5, 0.6) is 5.75 Å². The first-order chi connectivity index (χ1) is 18.0. The van der Waals surface area contributed by atoms with E-state index >= 15 is 0 Å². The number of unbranched alkanes of at least 4 members (excludes halogenated alkanes) is 4. The van der Waals surface area contributed by atoms with Crippen molar-refractivity contribution in [3.05, 3.63) is 121 Å². The van der Waals surface area contributed by atoms with Gasteiger partial charge in [0, 0.05) is 0 Å². The van der Waals surface area contributed by atoms with Gasteiger partial charge in [-0.1, -0.05) is 78.4 Å². The molecule has 1 aromatic rings. The average Bonchev–Trinajstić information content (AvgIpc) is 2.97. The Bertz CT molecular complexity index is 498. The second kappa shape index (κ2) is 54.2. The number of phenolic OH excluding ortho intramolecular Hbond substituents is 1. The Morgan fingerprint density at radius 2 is 0.865 bits per heavy atom. The van der Waals surface area contributed by atoms with Gasteiger partial charge in [-0.05, 0) is 54.7 Å². The zero-order valence-electron chi connectivity index (χ0n) is 25.8. The zero-order valence-corrected chi connectivity index (χ0v) is 25.8. The third-order valence-electron chi connectivity index (χ3n) is 4.62. The predicted octanol–water partition coefficient (Wildman–Crippen LogP) is 12.5. The molecule has 0 radical (unpaired) electrons. The number of benzene rings is 1. The van der Waals surface area contributed by atoms with Gasteiger partial charge in [0.05, 0.1) is 0 Å². The maximum Gasteiger partial charge on any atom is 0.118 e. The van der Waals surface area contributed by atoms with Crippen molar-refractivity contribution in [1.29, 1.82) is 0 Å². The first kappa shape index (κ1) is 51.0. The van der Waals surface area contributed by atoms with E-state index in [2.05, 4.69) is 132 Å². The van der Waals surface area contributed by atoms with Crippen LogP contribution in [0.1, 0.15) is 90.2 Å². The molecule has 0 saturated heterocycles. The molecule has 0 saturated carbocycles. The second-order valence-electron chi connectivity index (χ2n) is 7.95. The van der Waals surface area contributed by atoms with Gasteiger partial charge in [-0.25, -0.2) is 0 Å². The van der Waals surface area contributed by atoms with E-state index in [-0.39, 0.29) is 0 Å². The average molecular weight is 515 g/mol. The first-order valence-corrected chi connectivity index (χ1v) is 13.3. The van der Waals surface area contributed by atoms with Gasteiger partial charge in [0.15, 0.2) is 0 Å². The number of aromatic hydroxyl groups is 1. The molecule has 1 heteroatoms. The van der Waals surface area contributed by atoms with Crippen LogP contribution in [0.15, 0.2) is 110 Å². The van der Waals surface area contributed by atoms with Crippen molar-refractivity contribution in [2.45, 2.75) is 91.9 Å². The lowest BCUT2D eigenvalue weighted by Crippen LogP contribution is -1.93. The summed E-state index contributed by atoms with van der Waals surface area (Å²) in [5, 5.41) is 10.1. The molecule has 0 bridgehead atoms. The van der Waals surface area contributed by atoms with Gasteiger partial charge < -0.3 is 5.11 Å².